The van der Waals surface area contributed by atoms with Gasteiger partial charge in [0, 0.05) is 37.8 Å². The van der Waals surface area contributed by atoms with Gasteiger partial charge in [-0.1, -0.05) is 0 Å². The number of nitrogens with two attached hydrogens (primary N) is 1. The quantitative estimate of drug-likeness (QED) is 0.886. The molecule has 3 heterocycles. The highest BCUT2D eigenvalue weighted by atomic mass is 79.9. The summed E-state index contributed by atoms with van der Waals surface area (Å²) >= 11 is 4.92. The van der Waals surface area contributed by atoms with E-state index >= 15 is 0 Å². The molecular weight excluding hydrogens is 352 g/mol. The van der Waals surface area contributed by atoms with Crippen molar-refractivity contribution in [3.05, 3.63) is 39.1 Å². The van der Waals surface area contributed by atoms with Crippen molar-refractivity contribution in [2.75, 3.05) is 36.8 Å². The third-order valence-corrected chi connectivity index (χ3v) is 5.00. The predicted molar refractivity (Wildman–Crippen MR) is 88.8 cm³/mol. The van der Waals surface area contributed by atoms with Crippen molar-refractivity contribution in [2.45, 2.75) is 0 Å². The number of thiophene rings is 1. The smallest absolute Gasteiger partial charge is 0.254 e. The van der Waals surface area contributed by atoms with Gasteiger partial charge in [-0.2, -0.15) is 0 Å². The Morgan fingerprint density at radius 1 is 1.33 bits per heavy atom. The van der Waals surface area contributed by atoms with E-state index in [4.69, 9.17) is 5.73 Å². The zero-order valence-electron chi connectivity index (χ0n) is 11.3. The topological polar surface area (TPSA) is 62.5 Å². The Hall–Kier alpha value is -1.60. The zero-order valence-corrected chi connectivity index (χ0v) is 13.7. The second-order valence-corrected chi connectivity index (χ2v) is 7.13. The second kappa shape index (κ2) is 6.03. The monoisotopic (exact) mass is 366 g/mol. The average molecular weight is 367 g/mol. The number of hydrogen-bond acceptors (Lipinski definition) is 5. The SMILES string of the molecule is Nc1cccnc1N1CCN(C(=O)c2csc(Br)c2)CC1. The number of aromatic nitrogens is 1. The van der Waals surface area contributed by atoms with Crippen molar-refractivity contribution in [1.29, 1.82) is 0 Å². The van der Waals surface area contributed by atoms with Crippen LogP contribution in [0, 0.1) is 0 Å². The average Bonchev–Trinajstić information content (AvgIpc) is 2.94. The van der Waals surface area contributed by atoms with Crippen LogP contribution in [0.1, 0.15) is 10.4 Å². The van der Waals surface area contributed by atoms with Crippen LogP contribution in [0.25, 0.3) is 0 Å². The number of carbonyl (C=O) groups is 1. The van der Waals surface area contributed by atoms with Gasteiger partial charge in [-0.25, -0.2) is 4.98 Å². The molecule has 21 heavy (non-hydrogen) atoms. The molecule has 110 valence electrons. The highest BCUT2D eigenvalue weighted by Gasteiger charge is 2.24. The van der Waals surface area contributed by atoms with Crippen LogP contribution in [-0.2, 0) is 0 Å². The first kappa shape index (κ1) is 14.3. The summed E-state index contributed by atoms with van der Waals surface area (Å²) in [5.41, 5.74) is 7.38. The summed E-state index contributed by atoms with van der Waals surface area (Å²) in [6.07, 6.45) is 1.74. The molecule has 1 saturated heterocycles. The Labute approximate surface area is 135 Å². The Balaban J connectivity index is 1.65. The molecule has 2 aromatic rings. The van der Waals surface area contributed by atoms with Crippen LogP contribution >= 0.6 is 27.3 Å². The molecule has 0 saturated carbocycles. The Kier molecular flexibility index (Phi) is 4.12. The molecule has 1 amide bonds. The lowest BCUT2D eigenvalue weighted by atomic mass is 10.2. The number of anilines is 2. The van der Waals surface area contributed by atoms with E-state index in [1.54, 1.807) is 6.20 Å². The van der Waals surface area contributed by atoms with Gasteiger partial charge >= 0.3 is 0 Å². The van der Waals surface area contributed by atoms with Gasteiger partial charge < -0.3 is 15.5 Å². The van der Waals surface area contributed by atoms with Gasteiger partial charge in [0.2, 0.25) is 0 Å². The first-order valence-corrected chi connectivity index (χ1v) is 8.31. The van der Waals surface area contributed by atoms with Crippen LogP contribution in [0.4, 0.5) is 11.5 Å². The van der Waals surface area contributed by atoms with Crippen LogP contribution < -0.4 is 10.6 Å². The zero-order chi connectivity index (χ0) is 14.8. The number of hydrogen-bond donors (Lipinski definition) is 1. The number of carbonyl (C=O) groups excluding carboxylic acids is 1. The van der Waals surface area contributed by atoms with Crippen molar-refractivity contribution in [2.24, 2.45) is 0 Å². The number of rotatable bonds is 2. The van der Waals surface area contributed by atoms with Gasteiger partial charge in [0.25, 0.3) is 5.91 Å². The highest BCUT2D eigenvalue weighted by molar-refractivity contribution is 9.11. The molecule has 0 spiro atoms. The minimum atomic E-state index is 0.0885. The molecule has 1 aliphatic rings. The molecule has 3 rings (SSSR count). The van der Waals surface area contributed by atoms with Crippen LogP contribution in [0.15, 0.2) is 33.6 Å². The first-order chi connectivity index (χ1) is 10.1. The molecule has 1 fully saturated rings. The van der Waals surface area contributed by atoms with Gasteiger partial charge in [-0.3, -0.25) is 4.79 Å². The fourth-order valence-corrected chi connectivity index (χ4v) is 3.53. The van der Waals surface area contributed by atoms with Gasteiger partial charge in [-0.05, 0) is 34.1 Å². The number of piperazine rings is 1. The van der Waals surface area contributed by atoms with E-state index in [0.29, 0.717) is 18.8 Å². The van der Waals surface area contributed by atoms with Crippen molar-refractivity contribution in [3.8, 4) is 0 Å². The summed E-state index contributed by atoms with van der Waals surface area (Å²) in [5.74, 6) is 0.897. The van der Waals surface area contributed by atoms with E-state index in [0.717, 1.165) is 28.3 Å². The summed E-state index contributed by atoms with van der Waals surface area (Å²) in [4.78, 5) is 20.7. The second-order valence-electron chi connectivity index (χ2n) is 4.83. The van der Waals surface area contributed by atoms with Crippen molar-refractivity contribution >= 4 is 44.7 Å². The maximum absolute atomic E-state index is 12.4. The molecular formula is C14H15BrN4OS. The molecule has 0 aliphatic carbocycles. The molecule has 0 unspecified atom stereocenters. The predicted octanol–water partition coefficient (Wildman–Crippen LogP) is 2.45. The lowest BCUT2D eigenvalue weighted by molar-refractivity contribution is 0.0747. The molecule has 1 aliphatic heterocycles. The summed E-state index contributed by atoms with van der Waals surface area (Å²) in [5, 5.41) is 1.88. The van der Waals surface area contributed by atoms with E-state index < -0.39 is 0 Å². The first-order valence-electron chi connectivity index (χ1n) is 6.64. The number of nitrogens with zero attached hydrogens (tertiary/aromatic N) is 3. The fourth-order valence-electron chi connectivity index (χ4n) is 2.40. The summed E-state index contributed by atoms with van der Waals surface area (Å²) in [7, 11) is 0. The molecule has 2 aromatic heterocycles. The minimum Gasteiger partial charge on any atom is -0.396 e. The molecule has 5 nitrogen and oxygen atoms in total. The standard InChI is InChI=1S/C14H15BrN4OS/c15-12-8-10(9-21-12)14(20)19-6-4-18(5-7-19)13-11(16)2-1-3-17-13/h1-3,8-9H,4-7,16H2. The van der Waals surface area contributed by atoms with Crippen molar-refractivity contribution < 1.29 is 4.79 Å². The molecule has 2 N–H and O–H groups in total. The Morgan fingerprint density at radius 3 is 2.71 bits per heavy atom. The molecule has 0 radical (unpaired) electrons. The van der Waals surface area contributed by atoms with Crippen LogP contribution in [0.3, 0.4) is 0 Å². The third-order valence-electron chi connectivity index (χ3n) is 3.50. The number of amides is 1. The van der Waals surface area contributed by atoms with E-state index in [-0.39, 0.29) is 5.91 Å². The van der Waals surface area contributed by atoms with Gasteiger partial charge in [0.1, 0.15) is 0 Å². The third kappa shape index (κ3) is 3.03. The van der Waals surface area contributed by atoms with Crippen molar-refractivity contribution in [1.82, 2.24) is 9.88 Å². The fraction of sp³-hybridized carbons (Fsp3) is 0.286. The molecule has 0 bridgehead atoms. The van der Waals surface area contributed by atoms with Crippen LogP contribution in [0.2, 0.25) is 0 Å². The molecule has 0 atom stereocenters. The maximum Gasteiger partial charge on any atom is 0.254 e. The normalized spacial score (nSPS) is 15.3. The Morgan fingerprint density at radius 2 is 2.10 bits per heavy atom. The number of nitrogen functional groups attached to an aromatic ring is 1. The van der Waals surface area contributed by atoms with E-state index in [1.807, 2.05) is 28.5 Å². The van der Waals surface area contributed by atoms with E-state index in [1.165, 1.54) is 11.3 Å². The minimum absolute atomic E-state index is 0.0885. The summed E-state index contributed by atoms with van der Waals surface area (Å²) in [6, 6.07) is 5.55. The van der Waals surface area contributed by atoms with E-state index in [2.05, 4.69) is 25.8 Å². The lowest BCUT2D eigenvalue weighted by Crippen LogP contribution is -2.49. The maximum atomic E-state index is 12.4. The number of halogens is 1. The Bertz CT molecular complexity index is 652. The molecule has 7 heteroatoms. The number of pyridine rings is 1. The summed E-state index contributed by atoms with van der Waals surface area (Å²) < 4.78 is 0.978. The highest BCUT2D eigenvalue weighted by Crippen LogP contribution is 2.24. The van der Waals surface area contributed by atoms with E-state index in [9.17, 15) is 4.79 Å². The van der Waals surface area contributed by atoms with Gasteiger partial charge in [0.05, 0.1) is 15.0 Å². The van der Waals surface area contributed by atoms with Crippen LogP contribution in [0.5, 0.6) is 0 Å². The lowest BCUT2D eigenvalue weighted by Gasteiger charge is -2.35. The van der Waals surface area contributed by atoms with Gasteiger partial charge in [-0.15, -0.1) is 11.3 Å². The molecule has 0 aromatic carbocycles. The van der Waals surface area contributed by atoms with Crippen LogP contribution in [-0.4, -0.2) is 42.0 Å². The summed E-state index contributed by atoms with van der Waals surface area (Å²) in [6.45, 7) is 2.86. The van der Waals surface area contributed by atoms with Gasteiger partial charge in [0.15, 0.2) is 5.82 Å². The van der Waals surface area contributed by atoms with Crippen molar-refractivity contribution in [3.63, 3.8) is 0 Å². The largest absolute Gasteiger partial charge is 0.396 e.